The molecule has 0 aromatic heterocycles. The van der Waals surface area contributed by atoms with Crippen LogP contribution < -0.4 is 0 Å². The average molecular weight is 346 g/mol. The summed E-state index contributed by atoms with van der Waals surface area (Å²) in [6.07, 6.45) is -3.89. The first-order valence-corrected chi connectivity index (χ1v) is 8.03. The maximum absolute atomic E-state index is 12.1. The van der Waals surface area contributed by atoms with Crippen LogP contribution in [0.15, 0.2) is 42.5 Å². The second kappa shape index (κ2) is 5.66. The predicted octanol–water partition coefficient (Wildman–Crippen LogP) is 1.41. The third-order valence-corrected chi connectivity index (χ3v) is 4.57. The second-order valence-corrected chi connectivity index (χ2v) is 6.49. The molecule has 3 fully saturated rings. The molecule has 6 unspecified atom stereocenters. The van der Waals surface area contributed by atoms with Crippen LogP contribution in [0.3, 0.4) is 0 Å². The van der Waals surface area contributed by atoms with E-state index in [2.05, 4.69) is 6.58 Å². The maximum atomic E-state index is 12.1. The Labute approximate surface area is 144 Å². The minimum absolute atomic E-state index is 0.193. The van der Waals surface area contributed by atoms with Crippen molar-refractivity contribution in [3.05, 3.63) is 48.0 Å². The van der Waals surface area contributed by atoms with Crippen LogP contribution in [0.25, 0.3) is 0 Å². The standard InChI is InChI=1S/C18H18O7/c1-9(2)15(19)22-13-11-12(21-16(13)20)14-17(23-11)25-18(3,24-14)10-7-5-4-6-8-10/h4-8,11-14,17H,1H2,2-3H3. The molecule has 25 heavy (non-hydrogen) atoms. The Morgan fingerprint density at radius 2 is 1.88 bits per heavy atom. The monoisotopic (exact) mass is 346 g/mol. The second-order valence-electron chi connectivity index (χ2n) is 6.49. The first kappa shape index (κ1) is 16.3. The van der Waals surface area contributed by atoms with Crippen LogP contribution in [-0.2, 0) is 39.1 Å². The highest BCUT2D eigenvalue weighted by atomic mass is 16.9. The van der Waals surface area contributed by atoms with Gasteiger partial charge in [-0.1, -0.05) is 36.9 Å². The summed E-state index contributed by atoms with van der Waals surface area (Å²) in [6.45, 7) is 6.79. The van der Waals surface area contributed by atoms with E-state index in [0.29, 0.717) is 0 Å². The van der Waals surface area contributed by atoms with Crippen molar-refractivity contribution < 1.29 is 33.3 Å². The number of rotatable bonds is 3. The van der Waals surface area contributed by atoms with E-state index in [0.717, 1.165) is 5.56 Å². The number of esters is 2. The molecule has 0 spiro atoms. The zero-order valence-electron chi connectivity index (χ0n) is 13.8. The Morgan fingerprint density at radius 1 is 1.16 bits per heavy atom. The van der Waals surface area contributed by atoms with Gasteiger partial charge < -0.3 is 23.7 Å². The van der Waals surface area contributed by atoms with Crippen LogP contribution in [-0.4, -0.2) is 42.6 Å². The topological polar surface area (TPSA) is 80.3 Å². The Kier molecular flexibility index (Phi) is 3.68. The van der Waals surface area contributed by atoms with Crippen molar-refractivity contribution in [1.29, 1.82) is 0 Å². The molecule has 7 heteroatoms. The number of ether oxygens (including phenoxy) is 5. The molecule has 4 rings (SSSR count). The van der Waals surface area contributed by atoms with Crippen molar-refractivity contribution in [3.63, 3.8) is 0 Å². The van der Waals surface area contributed by atoms with E-state index < -0.39 is 48.4 Å². The molecule has 3 aliphatic heterocycles. The first-order valence-electron chi connectivity index (χ1n) is 8.03. The Hall–Kier alpha value is -2.22. The third-order valence-electron chi connectivity index (χ3n) is 4.57. The Bertz CT molecular complexity index is 730. The highest BCUT2D eigenvalue weighted by Crippen LogP contribution is 2.46. The van der Waals surface area contributed by atoms with Gasteiger partial charge in [-0.05, 0) is 13.8 Å². The number of carbonyl (C=O) groups excluding carboxylic acids is 2. The molecule has 0 amide bonds. The van der Waals surface area contributed by atoms with Crippen LogP contribution in [0.1, 0.15) is 19.4 Å². The summed E-state index contributed by atoms with van der Waals surface area (Å²) >= 11 is 0. The van der Waals surface area contributed by atoms with Gasteiger partial charge in [-0.15, -0.1) is 0 Å². The van der Waals surface area contributed by atoms with E-state index in [1.54, 1.807) is 6.92 Å². The van der Waals surface area contributed by atoms with E-state index in [-0.39, 0.29) is 5.57 Å². The normalized spacial score (nSPS) is 38.8. The van der Waals surface area contributed by atoms with Gasteiger partial charge in [0.05, 0.1) is 0 Å². The lowest BCUT2D eigenvalue weighted by molar-refractivity contribution is -0.232. The van der Waals surface area contributed by atoms with Crippen molar-refractivity contribution in [2.45, 2.75) is 50.3 Å². The molecule has 132 valence electrons. The van der Waals surface area contributed by atoms with Crippen LogP contribution in [0.2, 0.25) is 0 Å². The molecule has 3 aliphatic rings. The largest absolute Gasteiger partial charge is 0.454 e. The summed E-state index contributed by atoms with van der Waals surface area (Å²) < 4.78 is 28.3. The molecular formula is C18H18O7. The highest BCUT2D eigenvalue weighted by Gasteiger charge is 2.65. The van der Waals surface area contributed by atoms with Gasteiger partial charge in [0.25, 0.3) is 0 Å². The van der Waals surface area contributed by atoms with Gasteiger partial charge >= 0.3 is 11.9 Å². The minimum atomic E-state index is -1.14. The molecule has 3 saturated heterocycles. The minimum Gasteiger partial charge on any atom is -0.454 e. The first-order chi connectivity index (χ1) is 11.9. The summed E-state index contributed by atoms with van der Waals surface area (Å²) in [5.41, 5.74) is 1.03. The fourth-order valence-electron chi connectivity index (χ4n) is 3.30. The number of carbonyl (C=O) groups is 2. The fourth-order valence-corrected chi connectivity index (χ4v) is 3.30. The van der Waals surface area contributed by atoms with E-state index in [1.807, 2.05) is 30.3 Å². The van der Waals surface area contributed by atoms with Crippen molar-refractivity contribution >= 4 is 11.9 Å². The number of fused-ring (bicyclic) bond motifs is 3. The summed E-state index contributed by atoms with van der Waals surface area (Å²) in [7, 11) is 0. The van der Waals surface area contributed by atoms with Gasteiger partial charge in [0.2, 0.25) is 6.10 Å². The van der Waals surface area contributed by atoms with E-state index in [4.69, 9.17) is 23.7 Å². The van der Waals surface area contributed by atoms with Crippen LogP contribution in [0.4, 0.5) is 0 Å². The molecule has 1 aromatic rings. The molecule has 1 aromatic carbocycles. The molecule has 0 saturated carbocycles. The predicted molar refractivity (Wildman–Crippen MR) is 83.0 cm³/mol. The van der Waals surface area contributed by atoms with E-state index >= 15 is 0 Å². The van der Waals surface area contributed by atoms with Gasteiger partial charge in [-0.2, -0.15) is 0 Å². The van der Waals surface area contributed by atoms with E-state index in [9.17, 15) is 9.59 Å². The molecule has 0 aliphatic carbocycles. The molecule has 3 heterocycles. The summed E-state index contributed by atoms with van der Waals surface area (Å²) in [6, 6.07) is 9.43. The Balaban J connectivity index is 1.52. The maximum Gasteiger partial charge on any atom is 0.350 e. The third kappa shape index (κ3) is 2.55. The summed E-state index contributed by atoms with van der Waals surface area (Å²) in [4.78, 5) is 23.8. The van der Waals surface area contributed by atoms with Gasteiger partial charge in [-0.25, -0.2) is 9.59 Å². The lowest BCUT2D eigenvalue weighted by Crippen LogP contribution is -2.37. The van der Waals surface area contributed by atoms with Crippen LogP contribution >= 0.6 is 0 Å². The average Bonchev–Trinajstić information content (AvgIpc) is 3.18. The molecule has 0 bridgehead atoms. The number of hydrogen-bond donors (Lipinski definition) is 0. The molecule has 6 atom stereocenters. The van der Waals surface area contributed by atoms with Gasteiger partial charge in [0.15, 0.2) is 24.3 Å². The number of benzene rings is 1. The fraction of sp³-hybridized carbons (Fsp3) is 0.444. The lowest BCUT2D eigenvalue weighted by Gasteiger charge is -2.26. The van der Waals surface area contributed by atoms with Gasteiger partial charge in [0.1, 0.15) is 6.10 Å². The van der Waals surface area contributed by atoms with Crippen molar-refractivity contribution in [1.82, 2.24) is 0 Å². The molecule has 0 radical (unpaired) electrons. The van der Waals surface area contributed by atoms with Gasteiger partial charge in [-0.3, -0.25) is 0 Å². The lowest BCUT2D eigenvalue weighted by atomic mass is 10.1. The molecule has 7 nitrogen and oxygen atoms in total. The summed E-state index contributed by atoms with van der Waals surface area (Å²) in [5.74, 6) is -2.32. The van der Waals surface area contributed by atoms with Crippen LogP contribution in [0.5, 0.6) is 0 Å². The zero-order valence-corrected chi connectivity index (χ0v) is 13.8. The number of hydrogen-bond acceptors (Lipinski definition) is 7. The highest BCUT2D eigenvalue weighted by molar-refractivity contribution is 5.90. The van der Waals surface area contributed by atoms with Crippen molar-refractivity contribution in [2.24, 2.45) is 0 Å². The van der Waals surface area contributed by atoms with Crippen molar-refractivity contribution in [2.75, 3.05) is 0 Å². The van der Waals surface area contributed by atoms with E-state index in [1.165, 1.54) is 6.92 Å². The zero-order chi connectivity index (χ0) is 17.8. The van der Waals surface area contributed by atoms with Crippen LogP contribution in [0, 0.1) is 0 Å². The van der Waals surface area contributed by atoms with Gasteiger partial charge in [0, 0.05) is 11.1 Å². The molecular weight excluding hydrogens is 328 g/mol. The smallest absolute Gasteiger partial charge is 0.350 e. The SMILES string of the molecule is C=C(C)C(=O)OC1C(=O)OC2C3OC(C)(c4ccccc4)OC3OC12. The quantitative estimate of drug-likeness (QED) is 0.605. The molecule has 0 N–H and O–H groups in total. The van der Waals surface area contributed by atoms with Crippen molar-refractivity contribution in [3.8, 4) is 0 Å². The Morgan fingerprint density at radius 3 is 2.56 bits per heavy atom. The summed E-state index contributed by atoms with van der Waals surface area (Å²) in [5, 5.41) is 0.